The van der Waals surface area contributed by atoms with Gasteiger partial charge in [-0.3, -0.25) is 9.78 Å². The molecule has 2 rings (SSSR count). The summed E-state index contributed by atoms with van der Waals surface area (Å²) in [6.07, 6.45) is 1.56. The summed E-state index contributed by atoms with van der Waals surface area (Å²) < 4.78 is 13.0. The Labute approximate surface area is 104 Å². The Hall–Kier alpha value is -2.43. The molecule has 1 heterocycles. The van der Waals surface area contributed by atoms with Gasteiger partial charge in [0.2, 0.25) is 0 Å². The number of carbonyl (C=O) groups excluding carboxylic acids is 1. The number of halogens is 1. The first-order valence-electron chi connectivity index (χ1n) is 5.35. The minimum absolute atomic E-state index is 0.00120. The fourth-order valence-corrected chi connectivity index (χ4v) is 1.51. The van der Waals surface area contributed by atoms with Crippen molar-refractivity contribution in [1.29, 1.82) is 0 Å². The van der Waals surface area contributed by atoms with Crippen molar-refractivity contribution >= 4 is 17.3 Å². The van der Waals surface area contributed by atoms with Gasteiger partial charge in [0.15, 0.2) is 0 Å². The first-order valence-corrected chi connectivity index (χ1v) is 5.35. The molecule has 0 aliphatic heterocycles. The maximum Gasteiger partial charge on any atom is 0.255 e. The Morgan fingerprint density at radius 3 is 2.78 bits per heavy atom. The predicted octanol–water partition coefficient (Wildman–Crippen LogP) is 2.36. The lowest BCUT2D eigenvalue weighted by molar-refractivity contribution is 0.102. The van der Waals surface area contributed by atoms with Gasteiger partial charge in [-0.25, -0.2) is 4.39 Å². The number of carbonyl (C=O) groups is 1. The summed E-state index contributed by atoms with van der Waals surface area (Å²) in [5, 5.41) is 2.64. The number of benzene rings is 1. The second kappa shape index (κ2) is 4.83. The number of anilines is 2. The zero-order valence-corrected chi connectivity index (χ0v) is 9.77. The van der Waals surface area contributed by atoms with Crippen LogP contribution in [0, 0.1) is 12.7 Å². The molecule has 0 atom stereocenters. The Bertz CT molecular complexity index is 599. The molecule has 0 spiro atoms. The van der Waals surface area contributed by atoms with Crippen molar-refractivity contribution < 1.29 is 9.18 Å². The molecule has 0 bridgehead atoms. The van der Waals surface area contributed by atoms with E-state index >= 15 is 0 Å². The highest BCUT2D eigenvalue weighted by molar-refractivity contribution is 6.04. The van der Waals surface area contributed by atoms with Crippen molar-refractivity contribution in [2.45, 2.75) is 6.92 Å². The van der Waals surface area contributed by atoms with E-state index < -0.39 is 5.82 Å². The quantitative estimate of drug-likeness (QED) is 0.798. The molecule has 92 valence electrons. The number of nitrogens with two attached hydrogens (primary N) is 1. The highest BCUT2D eigenvalue weighted by Crippen LogP contribution is 2.17. The van der Waals surface area contributed by atoms with Gasteiger partial charge in [0, 0.05) is 23.1 Å². The van der Waals surface area contributed by atoms with Crippen LogP contribution in [0.15, 0.2) is 36.5 Å². The molecule has 0 saturated carbocycles. The summed E-state index contributed by atoms with van der Waals surface area (Å²) >= 11 is 0. The van der Waals surface area contributed by atoms with E-state index in [-0.39, 0.29) is 11.6 Å². The lowest BCUT2D eigenvalue weighted by Gasteiger charge is -2.06. The van der Waals surface area contributed by atoms with Crippen molar-refractivity contribution in [3.05, 3.63) is 53.6 Å². The summed E-state index contributed by atoms with van der Waals surface area (Å²) in [5.41, 5.74) is 7.12. The molecule has 0 unspecified atom stereocenters. The van der Waals surface area contributed by atoms with Crippen LogP contribution in [-0.4, -0.2) is 10.9 Å². The van der Waals surface area contributed by atoms with Gasteiger partial charge in [-0.1, -0.05) is 0 Å². The summed E-state index contributed by atoms with van der Waals surface area (Å²) in [6, 6.07) is 7.32. The lowest BCUT2D eigenvalue weighted by Crippen LogP contribution is -2.12. The molecule has 0 radical (unpaired) electrons. The molecule has 5 heteroatoms. The van der Waals surface area contributed by atoms with Crippen molar-refractivity contribution in [3.8, 4) is 0 Å². The van der Waals surface area contributed by atoms with Crippen molar-refractivity contribution in [2.75, 3.05) is 11.1 Å². The monoisotopic (exact) mass is 245 g/mol. The molecule has 0 saturated heterocycles. The highest BCUT2D eigenvalue weighted by Gasteiger charge is 2.07. The highest BCUT2D eigenvalue weighted by atomic mass is 19.1. The summed E-state index contributed by atoms with van der Waals surface area (Å²) in [5.74, 6) is -0.792. The van der Waals surface area contributed by atoms with E-state index in [1.807, 2.05) is 0 Å². The van der Waals surface area contributed by atoms with Crippen LogP contribution in [0.5, 0.6) is 0 Å². The van der Waals surface area contributed by atoms with Gasteiger partial charge in [-0.2, -0.15) is 0 Å². The maximum atomic E-state index is 13.0. The largest absolute Gasteiger partial charge is 0.396 e. The second-order valence-electron chi connectivity index (χ2n) is 3.88. The molecular weight excluding hydrogens is 233 g/mol. The van der Waals surface area contributed by atoms with Gasteiger partial charge in [0.25, 0.3) is 5.91 Å². The van der Waals surface area contributed by atoms with Crippen LogP contribution in [0.3, 0.4) is 0 Å². The van der Waals surface area contributed by atoms with Crippen LogP contribution >= 0.6 is 0 Å². The maximum absolute atomic E-state index is 13.0. The number of hydrogen-bond acceptors (Lipinski definition) is 3. The normalized spacial score (nSPS) is 10.1. The summed E-state index contributed by atoms with van der Waals surface area (Å²) in [4.78, 5) is 15.9. The number of pyridine rings is 1. The zero-order valence-electron chi connectivity index (χ0n) is 9.77. The lowest BCUT2D eigenvalue weighted by atomic mass is 10.2. The van der Waals surface area contributed by atoms with Crippen LogP contribution in [0.25, 0.3) is 0 Å². The number of amides is 1. The van der Waals surface area contributed by atoms with E-state index in [1.165, 1.54) is 18.2 Å². The van der Waals surface area contributed by atoms with Gasteiger partial charge in [-0.15, -0.1) is 0 Å². The zero-order chi connectivity index (χ0) is 13.1. The van der Waals surface area contributed by atoms with Gasteiger partial charge < -0.3 is 11.1 Å². The van der Waals surface area contributed by atoms with Crippen molar-refractivity contribution in [1.82, 2.24) is 4.98 Å². The van der Waals surface area contributed by atoms with Crippen LogP contribution in [0.4, 0.5) is 15.8 Å². The van der Waals surface area contributed by atoms with Crippen LogP contribution in [0.2, 0.25) is 0 Å². The van der Waals surface area contributed by atoms with E-state index in [4.69, 9.17) is 5.73 Å². The summed E-state index contributed by atoms with van der Waals surface area (Å²) in [6.45, 7) is 1.80. The number of nitrogens with one attached hydrogen (secondary N) is 1. The van der Waals surface area contributed by atoms with E-state index in [2.05, 4.69) is 10.3 Å². The van der Waals surface area contributed by atoms with Crippen LogP contribution in [-0.2, 0) is 0 Å². The van der Waals surface area contributed by atoms with Gasteiger partial charge in [-0.05, 0) is 37.3 Å². The fourth-order valence-electron chi connectivity index (χ4n) is 1.51. The molecule has 1 aromatic heterocycles. The molecule has 18 heavy (non-hydrogen) atoms. The SMILES string of the molecule is Cc1cc(C(=O)Nc2ccc(F)c(N)c2)ccn1. The number of rotatable bonds is 2. The molecular formula is C13H12FN3O. The first kappa shape index (κ1) is 12.0. The second-order valence-corrected chi connectivity index (χ2v) is 3.88. The van der Waals surface area contributed by atoms with E-state index in [9.17, 15) is 9.18 Å². The molecule has 0 aliphatic carbocycles. The molecule has 1 amide bonds. The van der Waals surface area contributed by atoms with Gasteiger partial charge in [0.05, 0.1) is 5.69 Å². The average molecular weight is 245 g/mol. The molecule has 4 nitrogen and oxygen atoms in total. The number of nitrogens with zero attached hydrogens (tertiary/aromatic N) is 1. The third-order valence-electron chi connectivity index (χ3n) is 2.41. The Morgan fingerprint density at radius 1 is 1.33 bits per heavy atom. The number of nitrogen functional groups attached to an aromatic ring is 1. The topological polar surface area (TPSA) is 68.0 Å². The Kier molecular flexibility index (Phi) is 3.23. The minimum Gasteiger partial charge on any atom is -0.396 e. The van der Waals surface area contributed by atoms with Crippen molar-refractivity contribution in [3.63, 3.8) is 0 Å². The fraction of sp³-hybridized carbons (Fsp3) is 0.0769. The van der Waals surface area contributed by atoms with Crippen molar-refractivity contribution in [2.24, 2.45) is 0 Å². The molecule has 0 fully saturated rings. The molecule has 2 aromatic rings. The van der Waals surface area contributed by atoms with E-state index in [0.717, 1.165) is 5.69 Å². The molecule has 3 N–H and O–H groups in total. The third-order valence-corrected chi connectivity index (χ3v) is 2.41. The molecule has 0 aliphatic rings. The van der Waals surface area contributed by atoms with Gasteiger partial charge >= 0.3 is 0 Å². The minimum atomic E-state index is -0.507. The third kappa shape index (κ3) is 2.63. The summed E-state index contributed by atoms with van der Waals surface area (Å²) in [7, 11) is 0. The average Bonchev–Trinajstić information content (AvgIpc) is 2.34. The predicted molar refractivity (Wildman–Crippen MR) is 67.7 cm³/mol. The smallest absolute Gasteiger partial charge is 0.255 e. The Morgan fingerprint density at radius 2 is 2.11 bits per heavy atom. The first-order chi connectivity index (χ1) is 8.56. The van der Waals surface area contributed by atoms with Gasteiger partial charge in [0.1, 0.15) is 5.82 Å². The number of hydrogen-bond donors (Lipinski definition) is 2. The number of aromatic nitrogens is 1. The molecule has 1 aromatic carbocycles. The Balaban J connectivity index is 2.18. The van der Waals surface area contributed by atoms with E-state index in [1.54, 1.807) is 25.3 Å². The van der Waals surface area contributed by atoms with Crippen LogP contribution in [0.1, 0.15) is 16.1 Å². The number of aryl methyl sites for hydroxylation is 1. The standard InChI is InChI=1S/C13H12FN3O/c1-8-6-9(4-5-16-8)13(18)17-10-2-3-11(14)12(15)7-10/h2-7H,15H2,1H3,(H,17,18). The van der Waals surface area contributed by atoms with E-state index in [0.29, 0.717) is 11.3 Å². The van der Waals surface area contributed by atoms with Crippen LogP contribution < -0.4 is 11.1 Å².